The zero-order valence-corrected chi connectivity index (χ0v) is 15.7. The van der Waals surface area contributed by atoms with Gasteiger partial charge in [0.1, 0.15) is 29.7 Å². The van der Waals surface area contributed by atoms with E-state index in [1.165, 1.54) is 4.90 Å². The number of amidine groups is 2. The van der Waals surface area contributed by atoms with Crippen molar-refractivity contribution >= 4 is 41.0 Å². The number of anilines is 1. The number of nitrogens with one attached hydrogen (secondary N) is 2. The quantitative estimate of drug-likeness (QED) is 0.476. The Morgan fingerprint density at radius 1 is 1.30 bits per heavy atom. The second-order valence-electron chi connectivity index (χ2n) is 6.09. The van der Waals surface area contributed by atoms with E-state index in [-0.39, 0.29) is 18.1 Å². The molecule has 0 bridgehead atoms. The molecule has 7 heteroatoms. The lowest BCUT2D eigenvalue weighted by Gasteiger charge is -2.26. The Morgan fingerprint density at radius 2 is 2.00 bits per heavy atom. The number of halogens is 1. The van der Waals surface area contributed by atoms with Crippen molar-refractivity contribution in [2.24, 2.45) is 4.99 Å². The summed E-state index contributed by atoms with van der Waals surface area (Å²) >= 11 is 6.02. The third-order valence-corrected chi connectivity index (χ3v) is 4.57. The first kappa shape index (κ1) is 18.8. The van der Waals surface area contributed by atoms with Gasteiger partial charge in [0.2, 0.25) is 0 Å². The Hall–Kier alpha value is -2.99. The predicted octanol–water partition coefficient (Wildman–Crippen LogP) is 3.94. The first-order chi connectivity index (χ1) is 13.0. The van der Waals surface area contributed by atoms with E-state index in [1.807, 2.05) is 18.2 Å². The normalized spacial score (nSPS) is 16.3. The predicted molar refractivity (Wildman–Crippen MR) is 108 cm³/mol. The number of aliphatic imine (C=N–C) groups is 1. The standard InChI is InChI=1S/C20H19ClN4O2/c1-12(22)25-18-8-7-15(27-2)11-16(18)19(13-3-5-14(21)6-4-13)24-17(9-10-26)20(25)23/h3-8,10-11,17,22-23H,9H2,1-2H3/t17-/m0/s1. The molecule has 138 valence electrons. The smallest absolute Gasteiger partial charge is 0.132 e. The fraction of sp³-hybridized carbons (Fsp3) is 0.200. The van der Waals surface area contributed by atoms with Gasteiger partial charge in [-0.15, -0.1) is 0 Å². The fourth-order valence-electron chi connectivity index (χ4n) is 3.05. The van der Waals surface area contributed by atoms with E-state index in [0.29, 0.717) is 22.2 Å². The van der Waals surface area contributed by atoms with Crippen LogP contribution in [0.1, 0.15) is 24.5 Å². The van der Waals surface area contributed by atoms with E-state index in [9.17, 15) is 4.79 Å². The van der Waals surface area contributed by atoms with Gasteiger partial charge in [-0.1, -0.05) is 23.7 Å². The molecule has 0 aromatic heterocycles. The minimum absolute atomic E-state index is 0.0603. The van der Waals surface area contributed by atoms with Crippen LogP contribution < -0.4 is 9.64 Å². The number of nitrogens with zero attached hydrogens (tertiary/aromatic N) is 2. The lowest BCUT2D eigenvalue weighted by atomic mass is 9.99. The summed E-state index contributed by atoms with van der Waals surface area (Å²) in [7, 11) is 1.58. The lowest BCUT2D eigenvalue weighted by molar-refractivity contribution is -0.107. The first-order valence-electron chi connectivity index (χ1n) is 8.35. The van der Waals surface area contributed by atoms with Gasteiger partial charge in [-0.05, 0) is 37.3 Å². The molecule has 1 atom stereocenters. The number of hydrogen-bond donors (Lipinski definition) is 2. The van der Waals surface area contributed by atoms with Gasteiger partial charge in [-0.2, -0.15) is 0 Å². The Morgan fingerprint density at radius 3 is 2.59 bits per heavy atom. The molecule has 2 N–H and O–H groups in total. The monoisotopic (exact) mass is 382 g/mol. The summed E-state index contributed by atoms with van der Waals surface area (Å²) in [5.74, 6) is 0.901. The third kappa shape index (κ3) is 3.61. The molecular weight excluding hydrogens is 364 g/mol. The zero-order chi connectivity index (χ0) is 19.6. The van der Waals surface area contributed by atoms with Crippen LogP contribution in [-0.2, 0) is 4.79 Å². The number of carbonyl (C=O) groups is 1. The van der Waals surface area contributed by atoms with Gasteiger partial charge in [0.05, 0.1) is 18.5 Å². The number of benzodiazepines with no additional fused rings is 1. The van der Waals surface area contributed by atoms with E-state index in [1.54, 1.807) is 38.3 Å². The van der Waals surface area contributed by atoms with E-state index in [2.05, 4.69) is 0 Å². The van der Waals surface area contributed by atoms with Gasteiger partial charge in [0.25, 0.3) is 0 Å². The Labute approximate surface area is 162 Å². The highest BCUT2D eigenvalue weighted by Crippen LogP contribution is 2.32. The summed E-state index contributed by atoms with van der Waals surface area (Å²) in [6, 6.07) is 11.9. The molecule has 0 aliphatic carbocycles. The molecule has 0 radical (unpaired) electrons. The van der Waals surface area contributed by atoms with E-state index < -0.39 is 6.04 Å². The maximum Gasteiger partial charge on any atom is 0.132 e. The molecule has 1 aliphatic heterocycles. The second-order valence-corrected chi connectivity index (χ2v) is 6.53. The molecule has 2 aromatic rings. The van der Waals surface area contributed by atoms with E-state index in [0.717, 1.165) is 17.4 Å². The van der Waals surface area contributed by atoms with Crippen LogP contribution in [-0.4, -0.2) is 36.8 Å². The molecule has 0 amide bonds. The number of benzene rings is 2. The number of carbonyl (C=O) groups excluding carboxylic acids is 1. The average Bonchev–Trinajstić information content (AvgIpc) is 2.77. The van der Waals surface area contributed by atoms with Crippen LogP contribution in [0, 0.1) is 10.8 Å². The highest BCUT2D eigenvalue weighted by molar-refractivity contribution is 6.31. The Bertz CT molecular complexity index is 937. The maximum atomic E-state index is 11.2. The van der Waals surface area contributed by atoms with Crippen molar-refractivity contribution < 1.29 is 9.53 Å². The van der Waals surface area contributed by atoms with Gasteiger partial charge in [0, 0.05) is 22.6 Å². The Balaban J connectivity index is 2.30. The maximum absolute atomic E-state index is 11.2. The summed E-state index contributed by atoms with van der Waals surface area (Å²) in [6.07, 6.45) is 0.807. The molecule has 2 aromatic carbocycles. The van der Waals surface area contributed by atoms with Crippen molar-refractivity contribution in [2.75, 3.05) is 12.0 Å². The molecule has 0 fully saturated rings. The summed E-state index contributed by atoms with van der Waals surface area (Å²) in [6.45, 7) is 1.60. The van der Waals surface area contributed by atoms with Gasteiger partial charge in [0.15, 0.2) is 0 Å². The number of hydrogen-bond acceptors (Lipinski definition) is 5. The van der Waals surface area contributed by atoms with Crippen molar-refractivity contribution in [1.82, 2.24) is 0 Å². The third-order valence-electron chi connectivity index (χ3n) is 4.31. The summed E-state index contributed by atoms with van der Waals surface area (Å²) in [5, 5.41) is 17.3. The van der Waals surface area contributed by atoms with Crippen LogP contribution in [0.3, 0.4) is 0 Å². The van der Waals surface area contributed by atoms with Crippen LogP contribution in [0.2, 0.25) is 5.02 Å². The molecule has 3 rings (SSSR count). The number of fused-ring (bicyclic) bond motifs is 1. The van der Waals surface area contributed by atoms with Crippen LogP contribution in [0.15, 0.2) is 47.5 Å². The second kappa shape index (κ2) is 7.72. The SMILES string of the molecule is COc1ccc2c(c1)C(c1ccc(Cl)cc1)=N[C@@H](CC=O)C(=N)N2C(C)=N. The van der Waals surface area contributed by atoms with Crippen LogP contribution >= 0.6 is 11.6 Å². The molecular formula is C20H19ClN4O2. The summed E-state index contributed by atoms with van der Waals surface area (Å²) in [5.41, 5.74) is 2.81. The number of methoxy groups -OCH3 is 1. The molecule has 27 heavy (non-hydrogen) atoms. The largest absolute Gasteiger partial charge is 0.497 e. The molecule has 0 saturated carbocycles. The summed E-state index contributed by atoms with van der Waals surface area (Å²) in [4.78, 5) is 17.4. The topological polar surface area (TPSA) is 89.6 Å². The Kier molecular flexibility index (Phi) is 5.37. The molecule has 0 unspecified atom stereocenters. The van der Waals surface area contributed by atoms with E-state index in [4.69, 9.17) is 32.1 Å². The molecule has 0 saturated heterocycles. The average molecular weight is 383 g/mol. The van der Waals surface area contributed by atoms with Crippen molar-refractivity contribution in [1.29, 1.82) is 10.8 Å². The van der Waals surface area contributed by atoms with Crippen LogP contribution in [0.4, 0.5) is 5.69 Å². The zero-order valence-electron chi connectivity index (χ0n) is 15.0. The van der Waals surface area contributed by atoms with Crippen molar-refractivity contribution in [2.45, 2.75) is 19.4 Å². The molecule has 1 aliphatic rings. The summed E-state index contributed by atoms with van der Waals surface area (Å²) < 4.78 is 5.36. The van der Waals surface area contributed by atoms with Gasteiger partial charge in [-0.25, -0.2) is 0 Å². The van der Waals surface area contributed by atoms with Crippen molar-refractivity contribution in [3.8, 4) is 5.75 Å². The van der Waals surface area contributed by atoms with Gasteiger partial charge >= 0.3 is 0 Å². The minimum atomic E-state index is -0.688. The number of rotatable bonds is 4. The highest BCUT2D eigenvalue weighted by atomic mass is 35.5. The van der Waals surface area contributed by atoms with Gasteiger partial charge in [-0.3, -0.25) is 20.7 Å². The van der Waals surface area contributed by atoms with Crippen molar-refractivity contribution in [3.63, 3.8) is 0 Å². The van der Waals surface area contributed by atoms with Crippen LogP contribution in [0.25, 0.3) is 0 Å². The van der Waals surface area contributed by atoms with Crippen LogP contribution in [0.5, 0.6) is 5.75 Å². The van der Waals surface area contributed by atoms with Gasteiger partial charge < -0.3 is 9.53 Å². The van der Waals surface area contributed by atoms with Crippen molar-refractivity contribution in [3.05, 3.63) is 58.6 Å². The van der Waals surface area contributed by atoms with E-state index >= 15 is 0 Å². The first-order valence-corrected chi connectivity index (χ1v) is 8.73. The molecule has 0 spiro atoms. The lowest BCUT2D eigenvalue weighted by Crippen LogP contribution is -2.40. The highest BCUT2D eigenvalue weighted by Gasteiger charge is 2.30. The molecule has 6 nitrogen and oxygen atoms in total. The molecule has 1 heterocycles. The fourth-order valence-corrected chi connectivity index (χ4v) is 3.17. The minimum Gasteiger partial charge on any atom is -0.497 e. The number of ether oxygens (including phenoxy) is 1. The number of aldehydes is 1.